The molecule has 0 amide bonds. The van der Waals surface area contributed by atoms with Gasteiger partial charge in [-0.2, -0.15) is 70.2 Å². The van der Waals surface area contributed by atoms with Gasteiger partial charge in [0.25, 0.3) is 0 Å². The van der Waals surface area contributed by atoms with E-state index in [1.54, 1.807) is 0 Å². The van der Waals surface area contributed by atoms with Crippen LogP contribution in [0.25, 0.3) is 0 Å². The minimum Gasteiger partial charge on any atom is -0.743 e. The maximum absolute atomic E-state index is 12.7. The molecular formula is C8Cl2F16K2O10S4. The molecule has 0 radical (unpaired) electrons. The van der Waals surface area contributed by atoms with Gasteiger partial charge in [0.1, 0.15) is 0 Å². The number of halogens is 18. The summed E-state index contributed by atoms with van der Waals surface area (Å²) in [6, 6.07) is 0. The molecule has 0 bridgehead atoms. The topological polar surface area (TPSA) is 183 Å². The van der Waals surface area contributed by atoms with Crippen LogP contribution in [-0.2, 0) is 38.3 Å². The van der Waals surface area contributed by atoms with Gasteiger partial charge in [0, 0.05) is 21.4 Å². The van der Waals surface area contributed by atoms with Crippen molar-refractivity contribution in [1.82, 2.24) is 0 Å². The van der Waals surface area contributed by atoms with E-state index in [2.05, 4.69) is 21.4 Å². The van der Waals surface area contributed by atoms with Gasteiger partial charge in [-0.15, -0.1) is 0 Å². The van der Waals surface area contributed by atoms with E-state index in [1.165, 1.54) is 0 Å². The van der Waals surface area contributed by atoms with Crippen molar-refractivity contribution in [2.24, 2.45) is 0 Å². The van der Waals surface area contributed by atoms with Gasteiger partial charge >= 0.3 is 166 Å². The molecule has 0 aliphatic carbocycles. The molecule has 42 heavy (non-hydrogen) atoms. The van der Waals surface area contributed by atoms with Crippen LogP contribution < -0.4 is 103 Å². The molecule has 0 aromatic carbocycles. The Morgan fingerprint density at radius 1 is 0.357 bits per heavy atom. The van der Waals surface area contributed by atoms with Gasteiger partial charge < -0.3 is 9.11 Å². The van der Waals surface area contributed by atoms with Crippen LogP contribution in [0.1, 0.15) is 0 Å². The summed E-state index contributed by atoms with van der Waals surface area (Å²) in [5.41, 5.74) is 0. The molecule has 0 atom stereocenters. The van der Waals surface area contributed by atoms with Gasteiger partial charge in [-0.1, -0.05) is 0 Å². The average Bonchev–Trinajstić information content (AvgIpc) is 2.63. The smallest absolute Gasteiger partial charge is 0.743 e. The zero-order chi connectivity index (χ0) is 34.0. The summed E-state index contributed by atoms with van der Waals surface area (Å²) >= 11 is 0. The van der Waals surface area contributed by atoms with E-state index in [4.69, 9.17) is 0 Å². The molecule has 0 rings (SSSR count). The first kappa shape index (κ1) is 51.3. The molecule has 0 aliphatic rings. The van der Waals surface area contributed by atoms with Crippen LogP contribution in [0.15, 0.2) is 0 Å². The third-order valence-corrected chi connectivity index (χ3v) is 8.16. The molecule has 0 unspecified atom stereocenters. The molecular weight excluding hydrogens is 837 g/mol. The quantitative estimate of drug-likeness (QED) is 0.0960. The Balaban J connectivity index is -0.000000328. The summed E-state index contributed by atoms with van der Waals surface area (Å²) in [7, 11) is -21.3. The first-order valence-corrected chi connectivity index (χ1v) is 14.8. The van der Waals surface area contributed by atoms with E-state index in [0.717, 1.165) is 0 Å². The van der Waals surface area contributed by atoms with Gasteiger partial charge in [-0.05, 0) is 0 Å². The largest absolute Gasteiger partial charge is 1.00 e. The Morgan fingerprint density at radius 2 is 0.476 bits per heavy atom. The summed E-state index contributed by atoms with van der Waals surface area (Å²) in [5.74, 6) is -30.1. The van der Waals surface area contributed by atoms with E-state index in [-0.39, 0.29) is 103 Å². The first-order chi connectivity index (χ1) is 16.5. The van der Waals surface area contributed by atoms with Gasteiger partial charge in [0.15, 0.2) is 20.2 Å². The molecule has 0 aromatic heterocycles. The predicted octanol–water partition coefficient (Wildman–Crippen LogP) is -2.88. The molecule has 34 heteroatoms. The molecule has 0 heterocycles. The maximum atomic E-state index is 12.7. The van der Waals surface area contributed by atoms with Crippen molar-refractivity contribution < 1.29 is 216 Å². The van der Waals surface area contributed by atoms with Crippen molar-refractivity contribution in [3.05, 3.63) is 0 Å². The normalized spacial score (nSPS) is 15.5. The van der Waals surface area contributed by atoms with Crippen LogP contribution in [0.3, 0.4) is 0 Å². The van der Waals surface area contributed by atoms with Crippen LogP contribution >= 0.6 is 21.4 Å². The van der Waals surface area contributed by atoms with E-state index in [1.807, 2.05) is 0 Å². The summed E-state index contributed by atoms with van der Waals surface area (Å²) in [4.78, 5) is 0. The van der Waals surface area contributed by atoms with Crippen molar-refractivity contribution in [3.8, 4) is 0 Å². The summed E-state index contributed by atoms with van der Waals surface area (Å²) in [6.07, 6.45) is 0. The van der Waals surface area contributed by atoms with E-state index < -0.39 is 83.0 Å². The Kier molecular flexibility index (Phi) is 17.3. The minimum absolute atomic E-state index is 0. The molecule has 0 aliphatic heterocycles. The van der Waals surface area contributed by atoms with Crippen molar-refractivity contribution in [2.45, 2.75) is 44.7 Å². The third-order valence-electron chi connectivity index (χ3n) is 3.49. The fourth-order valence-electron chi connectivity index (χ4n) is 1.35. The monoisotopic (exact) mass is 836 g/mol. The number of hydrogen-bond donors (Lipinski definition) is 0. The number of alkyl halides is 16. The average molecular weight is 837 g/mol. The van der Waals surface area contributed by atoms with Crippen LogP contribution in [0, 0.1) is 0 Å². The molecule has 10 nitrogen and oxygen atoms in total. The zero-order valence-corrected chi connectivity index (χ0v) is 29.5. The van der Waals surface area contributed by atoms with Crippen molar-refractivity contribution in [2.75, 3.05) is 0 Å². The first-order valence-electron chi connectivity index (χ1n) is 7.32. The van der Waals surface area contributed by atoms with Crippen LogP contribution in [0.5, 0.6) is 0 Å². The summed E-state index contributed by atoms with van der Waals surface area (Å²) in [6.45, 7) is 0. The molecule has 0 aromatic rings. The standard InChI is InChI=1S/C4Cl2F8O4S2.C4H2F8O6S2.2K/c5-19(15,16)3(11,12)1(7,8)2(9,10)4(13,14)20(6,17)18;5-1(6,3(9,10)19(13,14)15)2(7,8)4(11,12)20(16,17)18;;/h;(H,13,14,15)(H,16,17,18);;/q;;2*+1/p-2. The Hall–Kier alpha value is 2.45. The second-order valence-corrected chi connectivity index (χ2v) is 14.2. The van der Waals surface area contributed by atoms with Crippen molar-refractivity contribution >= 4 is 59.7 Å². The SMILES string of the molecule is O=S(=O)(Cl)C(F)(F)C(F)(F)C(F)(F)C(F)(F)S(=O)(=O)Cl.O=S(=O)([O-])C(F)(F)C(F)(F)C(F)(F)C(F)(F)S(=O)(=O)[O-].[K+].[K+]. The van der Waals surface area contributed by atoms with Gasteiger partial charge in [-0.25, -0.2) is 33.7 Å². The maximum Gasteiger partial charge on any atom is 1.00 e. The van der Waals surface area contributed by atoms with E-state index in [0.29, 0.717) is 0 Å². The minimum atomic E-state index is -7.68. The Morgan fingerprint density at radius 3 is 0.571 bits per heavy atom. The van der Waals surface area contributed by atoms with E-state index >= 15 is 0 Å². The number of rotatable bonds is 10. The molecule has 0 saturated heterocycles. The van der Waals surface area contributed by atoms with Crippen LogP contribution in [0.4, 0.5) is 70.2 Å². The van der Waals surface area contributed by atoms with Crippen molar-refractivity contribution in [1.29, 1.82) is 0 Å². The van der Waals surface area contributed by atoms with Gasteiger partial charge in [-0.3, -0.25) is 0 Å². The second-order valence-electron chi connectivity index (χ2n) is 6.15. The van der Waals surface area contributed by atoms with Crippen LogP contribution in [0.2, 0.25) is 0 Å². The molecule has 0 spiro atoms. The summed E-state index contributed by atoms with van der Waals surface area (Å²) < 4.78 is 300. The Labute approximate surface area is 315 Å². The van der Waals surface area contributed by atoms with E-state index in [9.17, 15) is 113 Å². The fraction of sp³-hybridized carbons (Fsp3) is 1.00. The number of hydrogen-bond acceptors (Lipinski definition) is 10. The van der Waals surface area contributed by atoms with Crippen LogP contribution in [-0.4, -0.2) is 87.5 Å². The molecule has 0 N–H and O–H groups in total. The van der Waals surface area contributed by atoms with Gasteiger partial charge in [0.05, 0.1) is 0 Å². The molecule has 244 valence electrons. The van der Waals surface area contributed by atoms with Crippen molar-refractivity contribution in [3.63, 3.8) is 0 Å². The zero-order valence-electron chi connectivity index (χ0n) is 18.5. The molecule has 0 saturated carbocycles. The van der Waals surface area contributed by atoms with Gasteiger partial charge in [0.2, 0.25) is 0 Å². The predicted molar refractivity (Wildman–Crippen MR) is 88.5 cm³/mol. The fourth-order valence-corrected chi connectivity index (χ4v) is 3.69. The molecule has 0 fully saturated rings. The Bertz CT molecular complexity index is 1200. The third kappa shape index (κ3) is 8.53. The summed E-state index contributed by atoms with van der Waals surface area (Å²) in [5, 5.41) is -28.4. The second kappa shape index (κ2) is 14.1.